The summed E-state index contributed by atoms with van der Waals surface area (Å²) in [6.45, 7) is 1.17. The van der Waals surface area contributed by atoms with E-state index in [0.717, 1.165) is 6.33 Å². The maximum atomic E-state index is 13.6. The highest BCUT2D eigenvalue weighted by atomic mass is 32.1. The molecule has 3 aromatic heterocycles. The lowest BCUT2D eigenvalue weighted by Crippen LogP contribution is -2.26. The minimum absolute atomic E-state index is 0.0122. The third kappa shape index (κ3) is 4.41. The van der Waals surface area contributed by atoms with E-state index in [-0.39, 0.29) is 23.0 Å². The van der Waals surface area contributed by atoms with Gasteiger partial charge in [0, 0.05) is 6.20 Å². The van der Waals surface area contributed by atoms with Gasteiger partial charge in [0.15, 0.2) is 16.4 Å². The summed E-state index contributed by atoms with van der Waals surface area (Å²) in [6, 6.07) is 4.47. The summed E-state index contributed by atoms with van der Waals surface area (Å²) in [4.78, 5) is 27.2. The molecule has 0 spiro atoms. The van der Waals surface area contributed by atoms with Crippen LogP contribution in [0.2, 0.25) is 0 Å². The molecule has 31 heavy (non-hydrogen) atoms. The molecule has 0 saturated carbocycles. The van der Waals surface area contributed by atoms with Crippen LogP contribution >= 0.6 is 11.3 Å². The van der Waals surface area contributed by atoms with Crippen molar-refractivity contribution in [3.05, 3.63) is 52.6 Å². The number of rotatable bonds is 6. The molecule has 13 heteroatoms. The van der Waals surface area contributed by atoms with Crippen molar-refractivity contribution in [3.8, 4) is 11.8 Å². The topological polar surface area (TPSA) is 119 Å². The summed E-state index contributed by atoms with van der Waals surface area (Å²) in [6.07, 6.45) is -2.45. The molecule has 164 valence electrons. The van der Waals surface area contributed by atoms with Crippen molar-refractivity contribution >= 4 is 22.4 Å². The Labute approximate surface area is 177 Å². The van der Waals surface area contributed by atoms with E-state index in [1.807, 2.05) is 0 Å². The van der Waals surface area contributed by atoms with E-state index < -0.39 is 33.4 Å². The quantitative estimate of drug-likeness (QED) is 0.582. The Balaban J connectivity index is 2.04. The average molecular weight is 455 g/mol. The molecule has 3 aromatic rings. The number of hydrogen-bond donors (Lipinski definition) is 2. The molecule has 2 N–H and O–H groups in total. The SMILES string of the molecule is COc1ncnc(OC)c1C(=O)Nc1nc(C(F)(F)F)c(C(C)(O)c2ccccn2)s1. The first-order valence-electron chi connectivity index (χ1n) is 8.56. The first kappa shape index (κ1) is 22.4. The second-order valence-electron chi connectivity index (χ2n) is 6.20. The Morgan fingerprint density at radius 2 is 1.77 bits per heavy atom. The first-order chi connectivity index (χ1) is 14.6. The van der Waals surface area contributed by atoms with Gasteiger partial charge in [-0.15, -0.1) is 0 Å². The number of carbonyl (C=O) groups is 1. The maximum absolute atomic E-state index is 13.6. The number of hydrogen-bond acceptors (Lipinski definition) is 9. The Morgan fingerprint density at radius 3 is 2.29 bits per heavy atom. The number of ether oxygens (including phenoxy) is 2. The maximum Gasteiger partial charge on any atom is 0.434 e. The number of amides is 1. The van der Waals surface area contributed by atoms with Crippen molar-refractivity contribution in [2.45, 2.75) is 18.7 Å². The standard InChI is InChI=1S/C18H16F3N5O4S/c1-17(28,9-6-4-5-7-22-9)12-11(18(19,20)21)25-16(31-12)26-13(27)10-14(29-2)23-8-24-15(10)30-3/h4-8,28H,1-3H3,(H,25,26,27). The fraction of sp³-hybridized carbons (Fsp3) is 0.278. The molecular formula is C18H16F3N5O4S. The van der Waals surface area contributed by atoms with Gasteiger partial charge in [-0.2, -0.15) is 13.2 Å². The molecule has 0 bridgehead atoms. The molecule has 0 radical (unpaired) electrons. The normalized spacial score (nSPS) is 13.4. The fourth-order valence-corrected chi connectivity index (χ4v) is 3.72. The van der Waals surface area contributed by atoms with Gasteiger partial charge in [0.05, 0.1) is 24.8 Å². The number of anilines is 1. The minimum Gasteiger partial charge on any atom is -0.480 e. The number of halogens is 3. The van der Waals surface area contributed by atoms with E-state index in [1.165, 1.54) is 39.5 Å². The molecule has 3 rings (SSSR count). The molecule has 0 saturated heterocycles. The highest BCUT2D eigenvalue weighted by Gasteiger charge is 2.44. The lowest BCUT2D eigenvalue weighted by atomic mass is 9.98. The van der Waals surface area contributed by atoms with Gasteiger partial charge in [0.2, 0.25) is 11.8 Å². The fourth-order valence-electron chi connectivity index (χ4n) is 2.68. The Kier molecular flexibility index (Phi) is 6.08. The van der Waals surface area contributed by atoms with Crippen LogP contribution in [0.1, 0.15) is 33.5 Å². The second-order valence-corrected chi connectivity index (χ2v) is 7.20. The predicted octanol–water partition coefficient (Wildman–Crippen LogP) is 2.87. The summed E-state index contributed by atoms with van der Waals surface area (Å²) >= 11 is 0.463. The van der Waals surface area contributed by atoms with Crippen LogP contribution < -0.4 is 14.8 Å². The molecule has 0 aliphatic carbocycles. The van der Waals surface area contributed by atoms with Crippen LogP contribution in [-0.2, 0) is 11.8 Å². The number of alkyl halides is 3. The molecule has 0 aromatic carbocycles. The molecule has 3 heterocycles. The van der Waals surface area contributed by atoms with Gasteiger partial charge >= 0.3 is 6.18 Å². The molecule has 1 unspecified atom stereocenters. The Morgan fingerprint density at radius 1 is 1.13 bits per heavy atom. The summed E-state index contributed by atoms with van der Waals surface area (Å²) in [5, 5.41) is 12.7. The largest absolute Gasteiger partial charge is 0.480 e. The van der Waals surface area contributed by atoms with E-state index in [9.17, 15) is 23.1 Å². The smallest absolute Gasteiger partial charge is 0.434 e. The van der Waals surface area contributed by atoms with Gasteiger partial charge in [-0.1, -0.05) is 17.4 Å². The van der Waals surface area contributed by atoms with Gasteiger partial charge in [-0.3, -0.25) is 15.1 Å². The number of nitrogens with zero attached hydrogens (tertiary/aromatic N) is 4. The number of thiazole rings is 1. The van der Waals surface area contributed by atoms with E-state index in [2.05, 4.69) is 25.3 Å². The minimum atomic E-state index is -4.89. The number of methoxy groups -OCH3 is 2. The molecule has 9 nitrogen and oxygen atoms in total. The highest BCUT2D eigenvalue weighted by molar-refractivity contribution is 7.16. The molecular weight excluding hydrogens is 439 g/mol. The van der Waals surface area contributed by atoms with Crippen LogP contribution in [0.4, 0.5) is 18.3 Å². The zero-order valence-electron chi connectivity index (χ0n) is 16.4. The lowest BCUT2D eigenvalue weighted by Gasteiger charge is -2.22. The highest BCUT2D eigenvalue weighted by Crippen LogP contribution is 2.43. The number of carbonyl (C=O) groups excluding carboxylic acids is 1. The van der Waals surface area contributed by atoms with E-state index in [0.29, 0.717) is 11.3 Å². The zero-order chi connectivity index (χ0) is 22.8. The monoisotopic (exact) mass is 455 g/mol. The number of aromatic nitrogens is 4. The van der Waals surface area contributed by atoms with Crippen molar-refractivity contribution in [1.29, 1.82) is 0 Å². The third-order valence-corrected chi connectivity index (χ3v) is 5.30. The molecule has 0 fully saturated rings. The van der Waals surface area contributed by atoms with E-state index in [1.54, 1.807) is 6.07 Å². The first-order valence-corrected chi connectivity index (χ1v) is 9.38. The van der Waals surface area contributed by atoms with Crippen molar-refractivity contribution < 1.29 is 32.5 Å². The Bertz CT molecular complexity index is 1070. The van der Waals surface area contributed by atoms with Crippen molar-refractivity contribution in [2.75, 3.05) is 19.5 Å². The van der Waals surface area contributed by atoms with Crippen molar-refractivity contribution in [2.24, 2.45) is 0 Å². The van der Waals surface area contributed by atoms with E-state index >= 15 is 0 Å². The third-order valence-electron chi connectivity index (χ3n) is 4.11. The van der Waals surface area contributed by atoms with Crippen LogP contribution in [0.5, 0.6) is 11.8 Å². The number of pyridine rings is 1. The summed E-state index contributed by atoms with van der Waals surface area (Å²) in [5.74, 6) is -1.18. The molecule has 0 aliphatic rings. The summed E-state index contributed by atoms with van der Waals surface area (Å²) in [5.41, 5.74) is -3.69. The van der Waals surface area contributed by atoms with Crippen LogP contribution in [0.25, 0.3) is 0 Å². The van der Waals surface area contributed by atoms with Gasteiger partial charge < -0.3 is 14.6 Å². The number of aliphatic hydroxyl groups is 1. The van der Waals surface area contributed by atoms with Gasteiger partial charge in [0.1, 0.15) is 11.9 Å². The van der Waals surface area contributed by atoms with Gasteiger partial charge in [-0.25, -0.2) is 15.0 Å². The van der Waals surface area contributed by atoms with E-state index in [4.69, 9.17) is 9.47 Å². The van der Waals surface area contributed by atoms with Crippen LogP contribution in [0.3, 0.4) is 0 Å². The van der Waals surface area contributed by atoms with Gasteiger partial charge in [0.25, 0.3) is 5.91 Å². The Hall–Kier alpha value is -3.32. The summed E-state index contributed by atoms with van der Waals surface area (Å²) < 4.78 is 50.9. The number of nitrogens with one attached hydrogen (secondary N) is 1. The van der Waals surface area contributed by atoms with Crippen LogP contribution in [0.15, 0.2) is 30.7 Å². The molecule has 0 aliphatic heterocycles. The van der Waals surface area contributed by atoms with Crippen molar-refractivity contribution in [1.82, 2.24) is 19.9 Å². The second kappa shape index (κ2) is 8.43. The predicted molar refractivity (Wildman–Crippen MR) is 103 cm³/mol. The van der Waals surface area contributed by atoms with Gasteiger partial charge in [-0.05, 0) is 19.1 Å². The van der Waals surface area contributed by atoms with Crippen LogP contribution in [0, 0.1) is 0 Å². The summed E-state index contributed by atoms with van der Waals surface area (Å²) in [7, 11) is 2.51. The average Bonchev–Trinajstić information content (AvgIpc) is 3.19. The lowest BCUT2D eigenvalue weighted by molar-refractivity contribution is -0.142. The molecule has 1 amide bonds. The van der Waals surface area contributed by atoms with Crippen molar-refractivity contribution in [3.63, 3.8) is 0 Å². The molecule has 1 atom stereocenters. The van der Waals surface area contributed by atoms with Crippen LogP contribution in [-0.4, -0.2) is 45.2 Å². The zero-order valence-corrected chi connectivity index (χ0v) is 17.2.